The Bertz CT molecular complexity index is 1180. The number of para-hydroxylation sites is 1. The Morgan fingerprint density at radius 3 is 2.58 bits per heavy atom. The number of hydrogen-bond acceptors (Lipinski definition) is 6. The molecular formula is C24H20ClN3O3. The van der Waals surface area contributed by atoms with E-state index in [1.54, 1.807) is 31.2 Å². The minimum atomic E-state index is -0.528. The second kappa shape index (κ2) is 9.45. The lowest BCUT2D eigenvalue weighted by Gasteiger charge is -2.19. The monoisotopic (exact) mass is 433 g/mol. The van der Waals surface area contributed by atoms with Crippen molar-refractivity contribution in [3.8, 4) is 11.5 Å². The molecule has 1 N–H and O–H groups in total. The summed E-state index contributed by atoms with van der Waals surface area (Å²) < 4.78 is 11.2. The Morgan fingerprint density at radius 2 is 1.81 bits per heavy atom. The van der Waals surface area contributed by atoms with Crippen LogP contribution in [-0.2, 0) is 4.74 Å². The predicted octanol–water partition coefficient (Wildman–Crippen LogP) is 5.77. The smallest absolute Gasteiger partial charge is 0.340 e. The molecule has 4 aromatic rings. The van der Waals surface area contributed by atoms with Gasteiger partial charge in [-0.05, 0) is 48.9 Å². The first-order chi connectivity index (χ1) is 15.2. The van der Waals surface area contributed by atoms with Gasteiger partial charge in [-0.25, -0.2) is 4.79 Å². The largest absolute Gasteiger partial charge is 0.462 e. The molecule has 1 aromatic heterocycles. The summed E-state index contributed by atoms with van der Waals surface area (Å²) in [6.45, 7) is 2.06. The Labute approximate surface area is 184 Å². The number of anilines is 1. The summed E-state index contributed by atoms with van der Waals surface area (Å²) >= 11 is 6.23. The van der Waals surface area contributed by atoms with E-state index in [0.29, 0.717) is 28.1 Å². The Hall–Kier alpha value is -3.64. The van der Waals surface area contributed by atoms with Gasteiger partial charge in [0.1, 0.15) is 6.04 Å². The van der Waals surface area contributed by atoms with Crippen molar-refractivity contribution in [2.75, 3.05) is 11.9 Å². The number of hydrogen-bond donors (Lipinski definition) is 1. The molecule has 0 bridgehead atoms. The average molecular weight is 434 g/mol. The second-order valence-electron chi connectivity index (χ2n) is 6.71. The van der Waals surface area contributed by atoms with E-state index in [1.165, 1.54) is 0 Å². The van der Waals surface area contributed by atoms with Crippen LogP contribution in [0.25, 0.3) is 11.5 Å². The maximum atomic E-state index is 12.4. The zero-order chi connectivity index (χ0) is 21.6. The van der Waals surface area contributed by atoms with Crippen molar-refractivity contribution in [2.24, 2.45) is 0 Å². The summed E-state index contributed by atoms with van der Waals surface area (Å²) in [5.74, 6) is 0.342. The van der Waals surface area contributed by atoms with Gasteiger partial charge in [-0.3, -0.25) is 0 Å². The van der Waals surface area contributed by atoms with Crippen molar-refractivity contribution in [2.45, 2.75) is 13.0 Å². The number of carbonyl (C=O) groups is 1. The summed E-state index contributed by atoms with van der Waals surface area (Å²) in [6.07, 6.45) is 0. The third-order valence-corrected chi connectivity index (χ3v) is 4.85. The van der Waals surface area contributed by atoms with Crippen LogP contribution in [-0.4, -0.2) is 22.8 Å². The van der Waals surface area contributed by atoms with E-state index >= 15 is 0 Å². The van der Waals surface area contributed by atoms with Crippen molar-refractivity contribution in [1.82, 2.24) is 10.2 Å². The van der Waals surface area contributed by atoms with E-state index in [1.807, 2.05) is 54.6 Å². The van der Waals surface area contributed by atoms with E-state index in [9.17, 15) is 4.79 Å². The van der Waals surface area contributed by atoms with Crippen molar-refractivity contribution >= 4 is 23.3 Å². The van der Waals surface area contributed by atoms with Crippen molar-refractivity contribution in [1.29, 1.82) is 0 Å². The van der Waals surface area contributed by atoms with Crippen LogP contribution in [0.3, 0.4) is 0 Å². The number of rotatable bonds is 7. The van der Waals surface area contributed by atoms with Crippen LogP contribution in [0, 0.1) is 0 Å². The lowest BCUT2D eigenvalue weighted by atomic mass is 10.1. The highest BCUT2D eigenvalue weighted by molar-refractivity contribution is 6.30. The Kier molecular flexibility index (Phi) is 6.29. The molecule has 1 heterocycles. The van der Waals surface area contributed by atoms with E-state index in [2.05, 4.69) is 15.5 Å². The van der Waals surface area contributed by atoms with E-state index in [0.717, 1.165) is 11.1 Å². The first kappa shape index (κ1) is 20.6. The zero-order valence-corrected chi connectivity index (χ0v) is 17.5. The fourth-order valence-electron chi connectivity index (χ4n) is 3.17. The number of carbonyl (C=O) groups excluding carboxylic acids is 1. The van der Waals surface area contributed by atoms with Gasteiger partial charge in [0.25, 0.3) is 0 Å². The average Bonchev–Trinajstić information content (AvgIpc) is 3.28. The molecule has 156 valence electrons. The van der Waals surface area contributed by atoms with Gasteiger partial charge in [0.2, 0.25) is 11.8 Å². The van der Waals surface area contributed by atoms with Crippen LogP contribution in [0.5, 0.6) is 0 Å². The number of benzene rings is 3. The van der Waals surface area contributed by atoms with Crippen molar-refractivity contribution in [3.63, 3.8) is 0 Å². The minimum Gasteiger partial charge on any atom is -0.462 e. The predicted molar refractivity (Wildman–Crippen MR) is 119 cm³/mol. The maximum absolute atomic E-state index is 12.4. The van der Waals surface area contributed by atoms with Crippen LogP contribution >= 0.6 is 11.6 Å². The molecule has 0 spiro atoms. The first-order valence-corrected chi connectivity index (χ1v) is 10.2. The molecule has 0 saturated carbocycles. The quantitative estimate of drug-likeness (QED) is 0.373. The molecule has 0 saturated heterocycles. The zero-order valence-electron chi connectivity index (χ0n) is 16.8. The lowest BCUT2D eigenvalue weighted by Crippen LogP contribution is -2.16. The summed E-state index contributed by atoms with van der Waals surface area (Å²) in [5.41, 5.74) is 2.64. The first-order valence-electron chi connectivity index (χ1n) is 9.82. The van der Waals surface area contributed by atoms with E-state index in [4.69, 9.17) is 20.8 Å². The standard InChI is InChI=1S/C24H20ClN3O3/c1-2-30-24(29)19-13-6-7-14-20(19)26-21(17-11-8-12-18(25)15-17)23-28-27-22(31-23)16-9-4-3-5-10-16/h3-15,21,26H,2H2,1H3/t21-/m1/s1. The molecule has 0 aliphatic rings. The molecule has 0 unspecified atom stereocenters. The normalized spacial score (nSPS) is 11.7. The molecule has 4 rings (SSSR count). The van der Waals surface area contributed by atoms with Crippen LogP contribution in [0.15, 0.2) is 83.3 Å². The molecule has 0 aliphatic heterocycles. The van der Waals surface area contributed by atoms with Crippen LogP contribution < -0.4 is 5.32 Å². The van der Waals surface area contributed by atoms with Gasteiger partial charge in [-0.15, -0.1) is 10.2 Å². The molecule has 1 atom stereocenters. The van der Waals surface area contributed by atoms with Gasteiger partial charge in [-0.2, -0.15) is 0 Å². The summed E-state index contributed by atoms with van der Waals surface area (Å²) in [7, 11) is 0. The summed E-state index contributed by atoms with van der Waals surface area (Å²) in [6, 6.07) is 23.5. The fraction of sp³-hybridized carbons (Fsp3) is 0.125. The highest BCUT2D eigenvalue weighted by Gasteiger charge is 2.24. The third kappa shape index (κ3) is 4.75. The minimum absolute atomic E-state index is 0.287. The van der Waals surface area contributed by atoms with Gasteiger partial charge in [-0.1, -0.05) is 54.1 Å². The SMILES string of the molecule is CCOC(=O)c1ccccc1N[C@H](c1cccc(Cl)c1)c1nnc(-c2ccccc2)o1. The molecule has 31 heavy (non-hydrogen) atoms. The summed E-state index contributed by atoms with van der Waals surface area (Å²) in [5, 5.41) is 12.4. The number of esters is 1. The highest BCUT2D eigenvalue weighted by atomic mass is 35.5. The van der Waals surface area contributed by atoms with Crippen molar-refractivity contribution in [3.05, 3.63) is 101 Å². The Morgan fingerprint density at radius 1 is 1.03 bits per heavy atom. The van der Waals surface area contributed by atoms with Crippen LogP contribution in [0.2, 0.25) is 5.02 Å². The molecule has 7 heteroatoms. The van der Waals surface area contributed by atoms with Gasteiger partial charge in [0.05, 0.1) is 12.2 Å². The van der Waals surface area contributed by atoms with Crippen LogP contribution in [0.4, 0.5) is 5.69 Å². The molecule has 0 aliphatic carbocycles. The molecule has 0 fully saturated rings. The Balaban J connectivity index is 1.74. The third-order valence-electron chi connectivity index (χ3n) is 4.61. The van der Waals surface area contributed by atoms with Gasteiger partial charge in [0.15, 0.2) is 0 Å². The van der Waals surface area contributed by atoms with E-state index < -0.39 is 12.0 Å². The summed E-state index contributed by atoms with van der Waals surface area (Å²) in [4.78, 5) is 12.4. The van der Waals surface area contributed by atoms with Gasteiger partial charge in [0, 0.05) is 16.3 Å². The molecule has 3 aromatic carbocycles. The number of nitrogens with one attached hydrogen (secondary N) is 1. The van der Waals surface area contributed by atoms with Crippen LogP contribution in [0.1, 0.15) is 34.8 Å². The maximum Gasteiger partial charge on any atom is 0.340 e. The number of nitrogens with zero attached hydrogens (tertiary/aromatic N) is 2. The number of aromatic nitrogens is 2. The topological polar surface area (TPSA) is 77.2 Å². The lowest BCUT2D eigenvalue weighted by molar-refractivity contribution is 0.0527. The van der Waals surface area contributed by atoms with Gasteiger partial charge < -0.3 is 14.5 Å². The van der Waals surface area contributed by atoms with Crippen molar-refractivity contribution < 1.29 is 13.9 Å². The molecule has 6 nitrogen and oxygen atoms in total. The molecular weight excluding hydrogens is 414 g/mol. The number of halogens is 1. The van der Waals surface area contributed by atoms with Gasteiger partial charge >= 0.3 is 5.97 Å². The molecule has 0 amide bonds. The molecule has 0 radical (unpaired) electrons. The van der Waals surface area contributed by atoms with E-state index in [-0.39, 0.29) is 6.61 Å². The highest BCUT2D eigenvalue weighted by Crippen LogP contribution is 2.31. The second-order valence-corrected chi connectivity index (χ2v) is 7.15. The number of ether oxygens (including phenoxy) is 1. The fourth-order valence-corrected chi connectivity index (χ4v) is 3.37.